The third-order valence-corrected chi connectivity index (χ3v) is 2.43. The predicted octanol–water partition coefficient (Wildman–Crippen LogP) is 1.22. The number of anilines is 1. The minimum Gasteiger partial charge on any atom is -0.336 e. The van der Waals surface area contributed by atoms with Crippen LogP contribution in [0, 0.1) is 3.70 Å². The highest BCUT2D eigenvalue weighted by atomic mass is 127. The van der Waals surface area contributed by atoms with E-state index >= 15 is 0 Å². The molecule has 2 rings (SSSR count). The number of amides is 2. The van der Waals surface area contributed by atoms with Crippen LogP contribution in [0.5, 0.6) is 0 Å². The molecule has 2 amide bonds. The van der Waals surface area contributed by atoms with Crippen LogP contribution in [-0.2, 0) is 0 Å². The molecule has 2 heterocycles. The lowest BCUT2D eigenvalue weighted by atomic mass is 10.4. The van der Waals surface area contributed by atoms with Crippen molar-refractivity contribution in [3.8, 4) is 0 Å². The molecule has 0 aliphatic carbocycles. The summed E-state index contributed by atoms with van der Waals surface area (Å²) in [5.74, 6) is 0.724. The van der Waals surface area contributed by atoms with Crippen molar-refractivity contribution in [2.75, 3.05) is 18.0 Å². The summed E-state index contributed by atoms with van der Waals surface area (Å²) in [6.45, 7) is 1.40. The lowest BCUT2D eigenvalue weighted by Crippen LogP contribution is -2.28. The van der Waals surface area contributed by atoms with Crippen LogP contribution in [0.4, 0.5) is 10.6 Å². The van der Waals surface area contributed by atoms with Gasteiger partial charge in [0.2, 0.25) is 0 Å². The first kappa shape index (κ1) is 8.74. The lowest BCUT2D eigenvalue weighted by molar-refractivity contribution is 0.252. The molecule has 4 nitrogen and oxygen atoms in total. The van der Waals surface area contributed by atoms with Crippen LogP contribution in [0.15, 0.2) is 18.2 Å². The SMILES string of the molecule is O=C1NCCN1c1cccc(I)n1. The topological polar surface area (TPSA) is 45.2 Å². The Labute approximate surface area is 89.5 Å². The largest absolute Gasteiger partial charge is 0.336 e. The lowest BCUT2D eigenvalue weighted by Gasteiger charge is -2.12. The molecule has 0 saturated carbocycles. The second-order valence-corrected chi connectivity index (χ2v) is 3.81. The van der Waals surface area contributed by atoms with Gasteiger partial charge in [-0.3, -0.25) is 4.90 Å². The summed E-state index contributed by atoms with van der Waals surface area (Å²) >= 11 is 2.13. The minimum atomic E-state index is -0.0606. The van der Waals surface area contributed by atoms with E-state index in [1.807, 2.05) is 18.2 Å². The van der Waals surface area contributed by atoms with Crippen LogP contribution in [0.1, 0.15) is 0 Å². The van der Waals surface area contributed by atoms with Gasteiger partial charge in [0.1, 0.15) is 9.52 Å². The van der Waals surface area contributed by atoms with Crippen molar-refractivity contribution in [3.63, 3.8) is 0 Å². The number of nitrogens with zero attached hydrogens (tertiary/aromatic N) is 2. The number of carbonyl (C=O) groups excluding carboxylic acids is 1. The Balaban J connectivity index is 2.29. The number of pyridine rings is 1. The number of hydrogen-bond donors (Lipinski definition) is 1. The van der Waals surface area contributed by atoms with E-state index in [0.717, 1.165) is 9.52 Å². The monoisotopic (exact) mass is 289 g/mol. The summed E-state index contributed by atoms with van der Waals surface area (Å²) in [7, 11) is 0. The highest BCUT2D eigenvalue weighted by Gasteiger charge is 2.21. The van der Waals surface area contributed by atoms with Crippen molar-refractivity contribution in [3.05, 3.63) is 21.9 Å². The Bertz CT molecular complexity index is 342. The molecular weight excluding hydrogens is 281 g/mol. The number of hydrogen-bond acceptors (Lipinski definition) is 2. The van der Waals surface area contributed by atoms with Crippen LogP contribution >= 0.6 is 22.6 Å². The van der Waals surface area contributed by atoms with E-state index in [-0.39, 0.29) is 6.03 Å². The van der Waals surface area contributed by atoms with Crippen LogP contribution in [0.25, 0.3) is 0 Å². The van der Waals surface area contributed by atoms with Gasteiger partial charge in [-0.05, 0) is 34.7 Å². The molecule has 0 bridgehead atoms. The highest BCUT2D eigenvalue weighted by Crippen LogP contribution is 2.14. The first-order valence-electron chi connectivity index (χ1n) is 3.95. The summed E-state index contributed by atoms with van der Waals surface area (Å²) in [5.41, 5.74) is 0. The number of urea groups is 1. The van der Waals surface area contributed by atoms with Crippen LogP contribution in [0.3, 0.4) is 0 Å². The average Bonchev–Trinajstić information content (AvgIpc) is 2.51. The molecule has 0 spiro atoms. The van der Waals surface area contributed by atoms with Gasteiger partial charge in [-0.15, -0.1) is 0 Å². The summed E-state index contributed by atoms with van der Waals surface area (Å²) in [4.78, 5) is 17.2. The molecule has 1 aromatic rings. The number of carbonyl (C=O) groups is 1. The minimum absolute atomic E-state index is 0.0606. The molecule has 1 fully saturated rings. The number of aromatic nitrogens is 1. The normalized spacial score (nSPS) is 16.1. The molecule has 1 aliphatic heterocycles. The summed E-state index contributed by atoms with van der Waals surface area (Å²) < 4.78 is 0.898. The molecule has 5 heteroatoms. The van der Waals surface area contributed by atoms with Crippen LogP contribution in [0.2, 0.25) is 0 Å². The predicted molar refractivity (Wildman–Crippen MR) is 57.7 cm³/mol. The van der Waals surface area contributed by atoms with Crippen molar-refractivity contribution < 1.29 is 4.79 Å². The number of nitrogens with one attached hydrogen (secondary N) is 1. The van der Waals surface area contributed by atoms with Crippen molar-refractivity contribution in [2.24, 2.45) is 0 Å². The van der Waals surface area contributed by atoms with Crippen molar-refractivity contribution in [2.45, 2.75) is 0 Å². The Morgan fingerprint density at radius 1 is 1.54 bits per heavy atom. The summed E-state index contributed by atoms with van der Waals surface area (Å²) in [6.07, 6.45) is 0. The molecule has 1 aliphatic rings. The summed E-state index contributed by atoms with van der Waals surface area (Å²) in [6, 6.07) is 5.58. The molecule has 1 saturated heterocycles. The fraction of sp³-hybridized carbons (Fsp3) is 0.250. The maximum absolute atomic E-state index is 11.3. The third kappa shape index (κ3) is 1.74. The molecule has 1 aromatic heterocycles. The maximum atomic E-state index is 11.3. The van der Waals surface area contributed by atoms with Gasteiger partial charge in [0.05, 0.1) is 0 Å². The maximum Gasteiger partial charge on any atom is 0.323 e. The fourth-order valence-corrected chi connectivity index (χ4v) is 1.69. The zero-order chi connectivity index (χ0) is 9.26. The van der Waals surface area contributed by atoms with E-state index in [1.165, 1.54) is 0 Å². The van der Waals surface area contributed by atoms with Gasteiger partial charge in [0.15, 0.2) is 0 Å². The highest BCUT2D eigenvalue weighted by molar-refractivity contribution is 14.1. The average molecular weight is 289 g/mol. The van der Waals surface area contributed by atoms with E-state index in [0.29, 0.717) is 13.1 Å². The van der Waals surface area contributed by atoms with Gasteiger partial charge in [-0.1, -0.05) is 6.07 Å². The Kier molecular flexibility index (Phi) is 2.34. The standard InChI is InChI=1S/C8H8IN3O/c9-6-2-1-3-7(11-6)12-5-4-10-8(12)13/h1-3H,4-5H2,(H,10,13). The van der Waals surface area contributed by atoms with Crippen molar-refractivity contribution in [1.29, 1.82) is 0 Å². The van der Waals surface area contributed by atoms with Gasteiger partial charge in [-0.25, -0.2) is 9.78 Å². The summed E-state index contributed by atoms with van der Waals surface area (Å²) in [5, 5.41) is 2.73. The first-order chi connectivity index (χ1) is 6.27. The Morgan fingerprint density at radius 3 is 3.00 bits per heavy atom. The van der Waals surface area contributed by atoms with Gasteiger partial charge in [0.25, 0.3) is 0 Å². The Hall–Kier alpha value is -0.850. The van der Waals surface area contributed by atoms with Gasteiger partial charge in [-0.2, -0.15) is 0 Å². The van der Waals surface area contributed by atoms with Crippen molar-refractivity contribution >= 4 is 34.4 Å². The van der Waals surface area contributed by atoms with Crippen LogP contribution in [-0.4, -0.2) is 24.1 Å². The molecule has 0 aromatic carbocycles. The molecule has 0 unspecified atom stereocenters. The molecule has 0 radical (unpaired) electrons. The first-order valence-corrected chi connectivity index (χ1v) is 5.03. The van der Waals surface area contributed by atoms with E-state index in [2.05, 4.69) is 32.9 Å². The quantitative estimate of drug-likeness (QED) is 0.624. The van der Waals surface area contributed by atoms with Gasteiger partial charge in [0, 0.05) is 13.1 Å². The number of rotatable bonds is 1. The second-order valence-electron chi connectivity index (χ2n) is 2.70. The smallest absolute Gasteiger partial charge is 0.323 e. The second kappa shape index (κ2) is 3.49. The molecule has 1 N–H and O–H groups in total. The zero-order valence-corrected chi connectivity index (χ0v) is 8.98. The third-order valence-electron chi connectivity index (χ3n) is 1.83. The zero-order valence-electron chi connectivity index (χ0n) is 6.83. The Morgan fingerprint density at radius 2 is 2.38 bits per heavy atom. The van der Waals surface area contributed by atoms with E-state index in [1.54, 1.807) is 4.90 Å². The van der Waals surface area contributed by atoms with E-state index < -0.39 is 0 Å². The number of halogens is 1. The van der Waals surface area contributed by atoms with E-state index in [9.17, 15) is 4.79 Å². The fourth-order valence-electron chi connectivity index (χ4n) is 1.24. The van der Waals surface area contributed by atoms with Crippen molar-refractivity contribution in [1.82, 2.24) is 10.3 Å². The molecule has 13 heavy (non-hydrogen) atoms. The van der Waals surface area contributed by atoms with Gasteiger partial charge < -0.3 is 5.32 Å². The molecule has 68 valence electrons. The van der Waals surface area contributed by atoms with Gasteiger partial charge >= 0.3 is 6.03 Å². The van der Waals surface area contributed by atoms with Crippen LogP contribution < -0.4 is 10.2 Å². The molecular formula is C8H8IN3O. The molecule has 0 atom stereocenters. The van der Waals surface area contributed by atoms with E-state index in [4.69, 9.17) is 0 Å².